The van der Waals surface area contributed by atoms with E-state index in [1.807, 2.05) is 0 Å². The van der Waals surface area contributed by atoms with Gasteiger partial charge in [0.15, 0.2) is 6.10 Å². The number of aliphatic hydroxyl groups excluding tert-OH is 1. The number of hydrogen-bond donors (Lipinski definition) is 3. The van der Waals surface area contributed by atoms with E-state index in [1.165, 1.54) is 6.07 Å². The van der Waals surface area contributed by atoms with Crippen LogP contribution in [0.15, 0.2) is 48.5 Å². The number of carboxylic acids is 1. The quantitative estimate of drug-likeness (QED) is 0.805. The first kappa shape index (κ1) is 14.7. The van der Waals surface area contributed by atoms with Crippen molar-refractivity contribution in [2.24, 2.45) is 0 Å². The van der Waals surface area contributed by atoms with Crippen LogP contribution in [0.5, 0.6) is 0 Å². The highest BCUT2D eigenvalue weighted by atomic mass is 16.4. The Bertz CT molecular complexity index is 667. The molecule has 0 aliphatic rings. The van der Waals surface area contributed by atoms with Crippen LogP contribution in [-0.2, 0) is 4.79 Å². The van der Waals surface area contributed by atoms with E-state index in [0.29, 0.717) is 16.8 Å². The van der Waals surface area contributed by atoms with Gasteiger partial charge in [-0.15, -0.1) is 0 Å². The molecular formula is C16H15NO4. The van der Waals surface area contributed by atoms with E-state index in [1.54, 1.807) is 49.4 Å². The first-order valence-corrected chi connectivity index (χ1v) is 6.37. The molecule has 0 heterocycles. The number of aromatic carboxylic acids is 1. The maximum atomic E-state index is 12.0. The fraction of sp³-hybridized carbons (Fsp3) is 0.125. The summed E-state index contributed by atoms with van der Waals surface area (Å²) in [4.78, 5) is 23.1. The number of aliphatic hydroxyl groups is 1. The SMILES string of the molecule is Cc1c(NC(=O)C(O)c2ccccc2)cccc1C(=O)O. The number of benzene rings is 2. The largest absolute Gasteiger partial charge is 0.478 e. The highest BCUT2D eigenvalue weighted by Gasteiger charge is 2.19. The van der Waals surface area contributed by atoms with Crippen molar-refractivity contribution < 1.29 is 19.8 Å². The maximum Gasteiger partial charge on any atom is 0.336 e. The molecule has 21 heavy (non-hydrogen) atoms. The van der Waals surface area contributed by atoms with Crippen molar-refractivity contribution in [2.45, 2.75) is 13.0 Å². The minimum absolute atomic E-state index is 0.113. The van der Waals surface area contributed by atoms with Crippen LogP contribution in [0.4, 0.5) is 5.69 Å². The zero-order valence-electron chi connectivity index (χ0n) is 11.4. The molecule has 5 heteroatoms. The number of rotatable bonds is 4. The fourth-order valence-corrected chi connectivity index (χ4v) is 1.99. The Labute approximate surface area is 121 Å². The number of carboxylic acid groups (broad SMARTS) is 1. The van der Waals surface area contributed by atoms with Gasteiger partial charge in [0.25, 0.3) is 5.91 Å². The molecule has 0 radical (unpaired) electrons. The van der Waals surface area contributed by atoms with Crippen molar-refractivity contribution in [3.05, 3.63) is 65.2 Å². The van der Waals surface area contributed by atoms with Crippen LogP contribution in [0, 0.1) is 6.92 Å². The first-order chi connectivity index (χ1) is 10.0. The second-order valence-corrected chi connectivity index (χ2v) is 4.59. The van der Waals surface area contributed by atoms with Gasteiger partial charge in [0.2, 0.25) is 0 Å². The van der Waals surface area contributed by atoms with Gasteiger partial charge >= 0.3 is 5.97 Å². The average Bonchev–Trinajstić information content (AvgIpc) is 2.49. The second kappa shape index (κ2) is 6.19. The molecule has 2 rings (SSSR count). The molecule has 1 unspecified atom stereocenters. The van der Waals surface area contributed by atoms with Crippen molar-refractivity contribution in [3.8, 4) is 0 Å². The lowest BCUT2D eigenvalue weighted by atomic mass is 10.1. The second-order valence-electron chi connectivity index (χ2n) is 4.59. The van der Waals surface area contributed by atoms with Gasteiger partial charge < -0.3 is 15.5 Å². The van der Waals surface area contributed by atoms with E-state index in [2.05, 4.69) is 5.32 Å². The monoisotopic (exact) mass is 285 g/mol. The van der Waals surface area contributed by atoms with Gasteiger partial charge in [-0.2, -0.15) is 0 Å². The molecule has 0 saturated heterocycles. The van der Waals surface area contributed by atoms with Crippen molar-refractivity contribution in [1.82, 2.24) is 0 Å². The van der Waals surface area contributed by atoms with Crippen molar-refractivity contribution in [3.63, 3.8) is 0 Å². The number of carbonyl (C=O) groups is 2. The third-order valence-corrected chi connectivity index (χ3v) is 3.19. The topological polar surface area (TPSA) is 86.6 Å². The minimum Gasteiger partial charge on any atom is -0.478 e. The van der Waals surface area contributed by atoms with E-state index in [4.69, 9.17) is 5.11 Å². The van der Waals surface area contributed by atoms with Gasteiger partial charge in [0.1, 0.15) is 0 Å². The lowest BCUT2D eigenvalue weighted by molar-refractivity contribution is -0.124. The van der Waals surface area contributed by atoms with Gasteiger partial charge in [0.05, 0.1) is 5.56 Å². The zero-order valence-corrected chi connectivity index (χ0v) is 11.4. The number of amides is 1. The Balaban J connectivity index is 2.21. The summed E-state index contributed by atoms with van der Waals surface area (Å²) >= 11 is 0. The predicted molar refractivity (Wildman–Crippen MR) is 78.2 cm³/mol. The lowest BCUT2D eigenvalue weighted by Crippen LogP contribution is -2.21. The summed E-state index contributed by atoms with van der Waals surface area (Å²) < 4.78 is 0. The van der Waals surface area contributed by atoms with Gasteiger partial charge in [-0.1, -0.05) is 36.4 Å². The van der Waals surface area contributed by atoms with Gasteiger partial charge in [-0.25, -0.2) is 4.79 Å². The number of hydrogen-bond acceptors (Lipinski definition) is 3. The van der Waals surface area contributed by atoms with Crippen LogP contribution in [-0.4, -0.2) is 22.1 Å². The molecule has 0 aliphatic heterocycles. The molecule has 1 amide bonds. The van der Waals surface area contributed by atoms with Crippen LogP contribution >= 0.6 is 0 Å². The molecule has 0 spiro atoms. The first-order valence-electron chi connectivity index (χ1n) is 6.37. The highest BCUT2D eigenvalue weighted by molar-refractivity contribution is 5.98. The van der Waals surface area contributed by atoms with Crippen LogP contribution in [0.1, 0.15) is 27.6 Å². The van der Waals surface area contributed by atoms with Crippen LogP contribution in [0.2, 0.25) is 0 Å². The van der Waals surface area contributed by atoms with Gasteiger partial charge in [-0.3, -0.25) is 4.79 Å². The van der Waals surface area contributed by atoms with E-state index in [9.17, 15) is 14.7 Å². The third-order valence-electron chi connectivity index (χ3n) is 3.19. The fourth-order valence-electron chi connectivity index (χ4n) is 1.99. The maximum absolute atomic E-state index is 12.0. The van der Waals surface area contributed by atoms with E-state index < -0.39 is 18.0 Å². The van der Waals surface area contributed by atoms with Crippen molar-refractivity contribution in [2.75, 3.05) is 5.32 Å². The Morgan fingerprint density at radius 2 is 1.71 bits per heavy atom. The molecule has 2 aromatic carbocycles. The Morgan fingerprint density at radius 1 is 1.05 bits per heavy atom. The number of nitrogens with one attached hydrogen (secondary N) is 1. The highest BCUT2D eigenvalue weighted by Crippen LogP contribution is 2.21. The van der Waals surface area contributed by atoms with E-state index in [-0.39, 0.29) is 5.56 Å². The normalized spacial score (nSPS) is 11.7. The Hall–Kier alpha value is -2.66. The summed E-state index contributed by atoms with van der Waals surface area (Å²) in [5.41, 5.74) is 1.40. The predicted octanol–water partition coefficient (Wildman–Crippen LogP) is 2.37. The van der Waals surface area contributed by atoms with Gasteiger partial charge in [0, 0.05) is 5.69 Å². The zero-order chi connectivity index (χ0) is 15.4. The minimum atomic E-state index is -1.31. The molecule has 3 N–H and O–H groups in total. The number of anilines is 1. The molecule has 1 atom stereocenters. The molecule has 2 aromatic rings. The summed E-state index contributed by atoms with van der Waals surface area (Å²) in [5, 5.41) is 21.6. The van der Waals surface area contributed by atoms with E-state index >= 15 is 0 Å². The molecule has 0 bridgehead atoms. The van der Waals surface area contributed by atoms with Crippen molar-refractivity contribution >= 4 is 17.6 Å². The van der Waals surface area contributed by atoms with Crippen molar-refractivity contribution in [1.29, 1.82) is 0 Å². The molecular weight excluding hydrogens is 270 g/mol. The lowest BCUT2D eigenvalue weighted by Gasteiger charge is -2.14. The molecule has 0 aromatic heterocycles. The summed E-state index contributed by atoms with van der Waals surface area (Å²) in [6, 6.07) is 13.1. The smallest absolute Gasteiger partial charge is 0.336 e. The Kier molecular flexibility index (Phi) is 4.35. The van der Waals surface area contributed by atoms with Crippen LogP contribution in [0.25, 0.3) is 0 Å². The molecule has 0 fully saturated rings. The van der Waals surface area contributed by atoms with Crippen LogP contribution in [0.3, 0.4) is 0 Å². The standard InChI is InChI=1S/C16H15NO4/c1-10-12(16(20)21)8-5-9-13(10)17-15(19)14(18)11-6-3-2-4-7-11/h2-9,14,18H,1H3,(H,17,19)(H,20,21). The van der Waals surface area contributed by atoms with Crippen LogP contribution < -0.4 is 5.32 Å². The molecule has 5 nitrogen and oxygen atoms in total. The molecule has 0 saturated carbocycles. The summed E-state index contributed by atoms with van der Waals surface area (Å²) in [5.74, 6) is -1.67. The van der Waals surface area contributed by atoms with E-state index in [0.717, 1.165) is 0 Å². The molecule has 0 aliphatic carbocycles. The summed E-state index contributed by atoms with van der Waals surface area (Å²) in [6.45, 7) is 1.61. The third kappa shape index (κ3) is 3.27. The number of carbonyl (C=O) groups excluding carboxylic acids is 1. The van der Waals surface area contributed by atoms with Gasteiger partial charge in [-0.05, 0) is 30.2 Å². The summed E-state index contributed by atoms with van der Waals surface area (Å²) in [6.07, 6.45) is -1.31. The Morgan fingerprint density at radius 3 is 2.33 bits per heavy atom. The molecule has 108 valence electrons. The summed E-state index contributed by atoms with van der Waals surface area (Å²) in [7, 11) is 0. The average molecular weight is 285 g/mol.